The molecule has 1 atom stereocenters. The molecule has 2 aromatic carbocycles. The van der Waals surface area contributed by atoms with Crippen molar-refractivity contribution in [3.05, 3.63) is 69.5 Å². The van der Waals surface area contributed by atoms with Gasteiger partial charge in [-0.15, -0.1) is 0 Å². The maximum Gasteiger partial charge on any atom is 0.306 e. The lowest BCUT2D eigenvalue weighted by Crippen LogP contribution is -2.28. The first-order valence-corrected chi connectivity index (χ1v) is 8.41. The lowest BCUT2D eigenvalue weighted by Gasteiger charge is -2.17. The topological polar surface area (TPSA) is 92.6 Å². The van der Waals surface area contributed by atoms with Crippen molar-refractivity contribution in [1.82, 2.24) is 4.90 Å². The number of amides is 2. The van der Waals surface area contributed by atoms with Crippen LogP contribution in [0.5, 0.6) is 0 Å². The Morgan fingerprint density at radius 3 is 2.67 bits per heavy atom. The van der Waals surface area contributed by atoms with Crippen molar-refractivity contribution in [1.29, 1.82) is 0 Å². The highest BCUT2D eigenvalue weighted by atomic mass is 19.1. The van der Waals surface area contributed by atoms with E-state index in [9.17, 15) is 24.1 Å². The normalized spacial score (nSPS) is 16.4. The van der Waals surface area contributed by atoms with E-state index in [2.05, 4.69) is 5.32 Å². The van der Waals surface area contributed by atoms with Gasteiger partial charge in [0.05, 0.1) is 10.8 Å². The number of nitrogens with one attached hydrogen (secondary N) is 1. The minimum atomic E-state index is -0.974. The molecule has 140 valence electrons. The van der Waals surface area contributed by atoms with E-state index < -0.39 is 28.3 Å². The molecule has 3 rings (SSSR count). The molecule has 0 saturated carbocycles. The standard InChI is InChI=1S/C19H18FN3O4/c1-12-2-4-13(5-3-12)10-22-11-14(8-18(22)24)19(25)21-15-6-7-16(20)17(9-15)23(26)27/h2-7,9,14H,8,10-11H2,1H3,(H,21,25)/t14-/m1/s1. The van der Waals surface area contributed by atoms with Crippen LogP contribution < -0.4 is 5.32 Å². The largest absolute Gasteiger partial charge is 0.338 e. The van der Waals surface area contributed by atoms with Crippen LogP contribution in [0, 0.1) is 28.8 Å². The Balaban J connectivity index is 1.64. The lowest BCUT2D eigenvalue weighted by atomic mass is 10.1. The molecule has 1 fully saturated rings. The van der Waals surface area contributed by atoms with Gasteiger partial charge in [-0.3, -0.25) is 19.7 Å². The van der Waals surface area contributed by atoms with E-state index in [1.165, 1.54) is 6.07 Å². The third kappa shape index (κ3) is 4.28. The average molecular weight is 371 g/mol. The zero-order valence-electron chi connectivity index (χ0n) is 14.6. The highest BCUT2D eigenvalue weighted by Crippen LogP contribution is 2.25. The van der Waals surface area contributed by atoms with Crippen molar-refractivity contribution >= 4 is 23.2 Å². The van der Waals surface area contributed by atoms with Gasteiger partial charge >= 0.3 is 5.69 Å². The van der Waals surface area contributed by atoms with E-state index in [0.717, 1.165) is 23.3 Å². The summed E-state index contributed by atoms with van der Waals surface area (Å²) in [5.41, 5.74) is 1.51. The lowest BCUT2D eigenvalue weighted by molar-refractivity contribution is -0.387. The van der Waals surface area contributed by atoms with Gasteiger partial charge in [-0.05, 0) is 24.6 Å². The minimum Gasteiger partial charge on any atom is -0.338 e. The number of rotatable bonds is 5. The first-order valence-electron chi connectivity index (χ1n) is 8.41. The van der Waals surface area contributed by atoms with Gasteiger partial charge < -0.3 is 10.2 Å². The Hall–Kier alpha value is -3.29. The number of hydrogen-bond acceptors (Lipinski definition) is 4. The Kier molecular flexibility index (Phi) is 5.16. The number of carbonyl (C=O) groups is 2. The average Bonchev–Trinajstić information content (AvgIpc) is 2.99. The highest BCUT2D eigenvalue weighted by molar-refractivity contribution is 5.97. The predicted octanol–water partition coefficient (Wildman–Crippen LogP) is 3.03. The zero-order chi connectivity index (χ0) is 19.6. The van der Waals surface area contributed by atoms with Crippen LogP contribution in [-0.4, -0.2) is 28.2 Å². The summed E-state index contributed by atoms with van der Waals surface area (Å²) in [4.78, 5) is 36.2. The molecule has 1 aliphatic rings. The van der Waals surface area contributed by atoms with Crippen molar-refractivity contribution in [2.45, 2.75) is 19.9 Å². The number of likely N-dealkylation sites (tertiary alicyclic amines) is 1. The van der Waals surface area contributed by atoms with Gasteiger partial charge in [0.25, 0.3) is 0 Å². The number of aryl methyl sites for hydroxylation is 1. The van der Waals surface area contributed by atoms with Gasteiger partial charge in [-0.1, -0.05) is 29.8 Å². The van der Waals surface area contributed by atoms with E-state index in [1.807, 2.05) is 31.2 Å². The number of nitro groups is 1. The van der Waals surface area contributed by atoms with Crippen LogP contribution in [0.1, 0.15) is 17.5 Å². The SMILES string of the molecule is Cc1ccc(CN2C[C@H](C(=O)Nc3ccc(F)c([N+](=O)[O-])c3)CC2=O)cc1. The molecule has 2 amide bonds. The van der Waals surface area contributed by atoms with Crippen LogP contribution in [0.15, 0.2) is 42.5 Å². The number of carbonyl (C=O) groups excluding carboxylic acids is 2. The fraction of sp³-hybridized carbons (Fsp3) is 0.263. The van der Waals surface area contributed by atoms with Crippen LogP contribution in [0.2, 0.25) is 0 Å². The Morgan fingerprint density at radius 1 is 1.30 bits per heavy atom. The van der Waals surface area contributed by atoms with Gasteiger partial charge in [0.1, 0.15) is 0 Å². The van der Waals surface area contributed by atoms with E-state index in [4.69, 9.17) is 0 Å². The van der Waals surface area contributed by atoms with Crippen molar-refractivity contribution in [2.75, 3.05) is 11.9 Å². The molecular weight excluding hydrogens is 353 g/mol. The van der Waals surface area contributed by atoms with Crippen LogP contribution in [0.4, 0.5) is 15.8 Å². The molecule has 8 heteroatoms. The Bertz CT molecular complexity index is 898. The second kappa shape index (κ2) is 7.53. The molecule has 1 N–H and O–H groups in total. The molecule has 2 aromatic rings. The quantitative estimate of drug-likeness (QED) is 0.646. The number of hydrogen-bond donors (Lipinski definition) is 1. The molecular formula is C19H18FN3O4. The van der Waals surface area contributed by atoms with Gasteiger partial charge in [0.15, 0.2) is 0 Å². The van der Waals surface area contributed by atoms with Crippen molar-refractivity contribution in [2.24, 2.45) is 5.92 Å². The third-order valence-corrected chi connectivity index (χ3v) is 4.49. The van der Waals surface area contributed by atoms with Gasteiger partial charge in [0.2, 0.25) is 17.6 Å². The molecule has 1 saturated heterocycles. The smallest absolute Gasteiger partial charge is 0.306 e. The first-order chi connectivity index (χ1) is 12.8. The minimum absolute atomic E-state index is 0.0704. The molecule has 7 nitrogen and oxygen atoms in total. The molecule has 27 heavy (non-hydrogen) atoms. The second-order valence-electron chi connectivity index (χ2n) is 6.57. The molecule has 0 unspecified atom stereocenters. The monoisotopic (exact) mass is 371 g/mol. The molecule has 0 aromatic heterocycles. The van der Waals surface area contributed by atoms with Crippen LogP contribution in [0.3, 0.4) is 0 Å². The Labute approximate surface area is 154 Å². The van der Waals surface area contributed by atoms with Crippen LogP contribution >= 0.6 is 0 Å². The zero-order valence-corrected chi connectivity index (χ0v) is 14.6. The van der Waals surface area contributed by atoms with Crippen molar-refractivity contribution in [3.63, 3.8) is 0 Å². The summed E-state index contributed by atoms with van der Waals surface area (Å²) in [5, 5.41) is 13.3. The molecule has 0 radical (unpaired) electrons. The summed E-state index contributed by atoms with van der Waals surface area (Å²) in [6.45, 7) is 2.66. The number of benzene rings is 2. The maximum atomic E-state index is 13.4. The van der Waals surface area contributed by atoms with Gasteiger partial charge in [-0.2, -0.15) is 4.39 Å². The molecule has 1 heterocycles. The predicted molar refractivity (Wildman–Crippen MR) is 96.4 cm³/mol. The highest BCUT2D eigenvalue weighted by Gasteiger charge is 2.34. The fourth-order valence-corrected chi connectivity index (χ4v) is 2.99. The van der Waals surface area contributed by atoms with Crippen LogP contribution in [-0.2, 0) is 16.1 Å². The molecule has 0 aliphatic carbocycles. The third-order valence-electron chi connectivity index (χ3n) is 4.49. The van der Waals surface area contributed by atoms with E-state index in [0.29, 0.717) is 6.54 Å². The molecule has 1 aliphatic heterocycles. The summed E-state index contributed by atoms with van der Waals surface area (Å²) in [7, 11) is 0. The fourth-order valence-electron chi connectivity index (χ4n) is 2.99. The van der Waals surface area contributed by atoms with E-state index >= 15 is 0 Å². The van der Waals surface area contributed by atoms with E-state index in [-0.39, 0.29) is 24.6 Å². The van der Waals surface area contributed by atoms with Crippen molar-refractivity contribution < 1.29 is 18.9 Å². The van der Waals surface area contributed by atoms with Gasteiger partial charge in [0, 0.05) is 31.3 Å². The van der Waals surface area contributed by atoms with E-state index in [1.54, 1.807) is 4.90 Å². The van der Waals surface area contributed by atoms with Crippen molar-refractivity contribution in [3.8, 4) is 0 Å². The number of halogens is 1. The summed E-state index contributed by atoms with van der Waals surface area (Å²) in [5.74, 6) is -2.08. The second-order valence-corrected chi connectivity index (χ2v) is 6.57. The first kappa shape index (κ1) is 18.5. The number of nitrogens with zero attached hydrogens (tertiary/aromatic N) is 2. The maximum absolute atomic E-state index is 13.4. The Morgan fingerprint density at radius 2 is 2.00 bits per heavy atom. The molecule has 0 bridgehead atoms. The van der Waals surface area contributed by atoms with Gasteiger partial charge in [-0.25, -0.2) is 0 Å². The molecule has 0 spiro atoms. The number of nitro benzene ring substituents is 1. The summed E-state index contributed by atoms with van der Waals surface area (Å²) < 4.78 is 13.4. The summed E-state index contributed by atoms with van der Waals surface area (Å²) in [6.07, 6.45) is 0.0704. The summed E-state index contributed by atoms with van der Waals surface area (Å²) >= 11 is 0. The number of anilines is 1. The summed E-state index contributed by atoms with van der Waals surface area (Å²) in [6, 6.07) is 10.9. The van der Waals surface area contributed by atoms with Crippen LogP contribution in [0.25, 0.3) is 0 Å².